The Hall–Kier alpha value is -1.57. The van der Waals surface area contributed by atoms with Gasteiger partial charge in [0.05, 0.1) is 10.5 Å². The average molecular weight is 350 g/mol. The Morgan fingerprint density at radius 1 is 1.05 bits per heavy atom. The largest absolute Gasteiger partial charge is 0.417 e. The van der Waals surface area contributed by atoms with E-state index in [0.717, 1.165) is 12.1 Å². The van der Waals surface area contributed by atoms with E-state index in [1.165, 1.54) is 0 Å². The summed E-state index contributed by atoms with van der Waals surface area (Å²) in [5.74, 6) is 0. The fourth-order valence-corrected chi connectivity index (χ4v) is 3.21. The molecule has 0 aliphatic carbocycles. The van der Waals surface area contributed by atoms with Crippen molar-refractivity contribution in [3.63, 3.8) is 0 Å². The Bertz CT molecular complexity index is 761. The molecular weight excluding hydrogens is 339 g/mol. The molecule has 0 heterocycles. The van der Waals surface area contributed by atoms with Gasteiger partial charge in [-0.3, -0.25) is 0 Å². The first kappa shape index (κ1) is 16.8. The number of benzene rings is 2. The van der Waals surface area contributed by atoms with Crippen molar-refractivity contribution in [1.29, 1.82) is 0 Å². The first-order valence-electron chi connectivity index (χ1n) is 6.10. The molecule has 2 rings (SSSR count). The fourth-order valence-electron chi connectivity index (χ4n) is 1.81. The molecule has 0 radical (unpaired) electrons. The highest BCUT2D eigenvalue weighted by Crippen LogP contribution is 2.35. The van der Waals surface area contributed by atoms with Crippen molar-refractivity contribution in [3.8, 4) is 0 Å². The van der Waals surface area contributed by atoms with Crippen LogP contribution >= 0.6 is 11.6 Å². The molecule has 0 unspecified atom stereocenters. The van der Waals surface area contributed by atoms with E-state index in [1.54, 1.807) is 30.3 Å². The number of rotatable bonds is 4. The summed E-state index contributed by atoms with van der Waals surface area (Å²) in [7, 11) is -4.32. The second-order valence-electron chi connectivity index (χ2n) is 4.45. The zero-order valence-electron chi connectivity index (χ0n) is 11.1. The Morgan fingerprint density at radius 3 is 2.27 bits per heavy atom. The van der Waals surface area contributed by atoms with Crippen molar-refractivity contribution in [1.82, 2.24) is 4.72 Å². The second kappa shape index (κ2) is 6.28. The molecule has 0 fully saturated rings. The maximum absolute atomic E-state index is 13.0. The van der Waals surface area contributed by atoms with E-state index in [2.05, 4.69) is 4.72 Å². The molecule has 0 saturated carbocycles. The summed E-state index contributed by atoms with van der Waals surface area (Å²) in [6, 6.07) is 11.0. The molecule has 0 amide bonds. The first-order chi connectivity index (χ1) is 10.2. The molecule has 2 aromatic carbocycles. The number of alkyl halides is 3. The topological polar surface area (TPSA) is 46.2 Å². The van der Waals surface area contributed by atoms with Gasteiger partial charge in [-0.05, 0) is 23.8 Å². The molecule has 1 N–H and O–H groups in total. The fraction of sp³-hybridized carbons (Fsp3) is 0.143. The first-order valence-corrected chi connectivity index (χ1v) is 7.96. The summed E-state index contributed by atoms with van der Waals surface area (Å²) in [5.41, 5.74) is -0.658. The highest BCUT2D eigenvalue weighted by Gasteiger charge is 2.37. The SMILES string of the molecule is O=S(=O)(NCc1ccccc1)c1ccc(Cl)cc1C(F)(F)F. The third-order valence-electron chi connectivity index (χ3n) is 2.85. The van der Waals surface area contributed by atoms with Crippen molar-refractivity contribution in [2.24, 2.45) is 0 Å². The minimum atomic E-state index is -4.82. The van der Waals surface area contributed by atoms with Gasteiger partial charge >= 0.3 is 6.18 Å². The van der Waals surface area contributed by atoms with E-state index < -0.39 is 26.7 Å². The molecule has 0 aromatic heterocycles. The molecule has 22 heavy (non-hydrogen) atoms. The van der Waals surface area contributed by atoms with Crippen LogP contribution in [0, 0.1) is 0 Å². The van der Waals surface area contributed by atoms with Gasteiger partial charge in [0.2, 0.25) is 10.0 Å². The summed E-state index contributed by atoms with van der Waals surface area (Å²) in [4.78, 5) is -0.847. The molecule has 0 saturated heterocycles. The Kier molecular flexibility index (Phi) is 4.79. The van der Waals surface area contributed by atoms with Crippen molar-refractivity contribution >= 4 is 21.6 Å². The Labute approximate surface area is 130 Å². The third-order valence-corrected chi connectivity index (χ3v) is 4.54. The summed E-state index contributed by atoms with van der Waals surface area (Å²) in [6.07, 6.45) is -4.82. The number of halogens is 4. The average Bonchev–Trinajstić information content (AvgIpc) is 2.45. The normalized spacial score (nSPS) is 12.4. The molecule has 2 aromatic rings. The van der Waals surface area contributed by atoms with E-state index in [-0.39, 0.29) is 11.6 Å². The van der Waals surface area contributed by atoms with Crippen LogP contribution in [0.1, 0.15) is 11.1 Å². The number of hydrogen-bond acceptors (Lipinski definition) is 2. The zero-order valence-corrected chi connectivity index (χ0v) is 12.6. The van der Waals surface area contributed by atoms with Gasteiger partial charge in [0.15, 0.2) is 0 Å². The lowest BCUT2D eigenvalue weighted by molar-refractivity contribution is -0.139. The highest BCUT2D eigenvalue weighted by molar-refractivity contribution is 7.89. The zero-order chi connectivity index (χ0) is 16.4. The van der Waals surface area contributed by atoms with Gasteiger partial charge in [0.1, 0.15) is 0 Å². The molecule has 0 atom stereocenters. The lowest BCUT2D eigenvalue weighted by Crippen LogP contribution is -2.26. The minimum Gasteiger partial charge on any atom is -0.207 e. The summed E-state index contributed by atoms with van der Waals surface area (Å²) >= 11 is 5.53. The van der Waals surface area contributed by atoms with E-state index >= 15 is 0 Å². The smallest absolute Gasteiger partial charge is 0.207 e. The predicted molar refractivity (Wildman–Crippen MR) is 76.9 cm³/mol. The van der Waals surface area contributed by atoms with Crippen LogP contribution in [-0.2, 0) is 22.7 Å². The van der Waals surface area contributed by atoms with E-state index in [9.17, 15) is 21.6 Å². The molecule has 0 spiro atoms. The van der Waals surface area contributed by atoms with Gasteiger partial charge < -0.3 is 0 Å². The lowest BCUT2D eigenvalue weighted by Gasteiger charge is -2.14. The predicted octanol–water partition coefficient (Wildman–Crippen LogP) is 3.84. The van der Waals surface area contributed by atoms with Crippen LogP contribution in [0.3, 0.4) is 0 Å². The number of nitrogens with one attached hydrogen (secondary N) is 1. The number of hydrogen-bond donors (Lipinski definition) is 1. The van der Waals surface area contributed by atoms with Gasteiger partial charge in [0.25, 0.3) is 0 Å². The van der Waals surface area contributed by atoms with Crippen LogP contribution in [0.2, 0.25) is 5.02 Å². The van der Waals surface area contributed by atoms with Crippen molar-refractivity contribution < 1.29 is 21.6 Å². The van der Waals surface area contributed by atoms with Crippen LogP contribution in [-0.4, -0.2) is 8.42 Å². The Morgan fingerprint density at radius 2 is 1.68 bits per heavy atom. The van der Waals surface area contributed by atoms with Crippen molar-refractivity contribution in [3.05, 3.63) is 64.7 Å². The standard InChI is InChI=1S/C14H11ClF3NO2S/c15-11-6-7-13(12(8-11)14(16,17)18)22(20,21)19-9-10-4-2-1-3-5-10/h1-8,19H,9H2. The van der Waals surface area contributed by atoms with E-state index in [4.69, 9.17) is 11.6 Å². The Balaban J connectivity index is 2.34. The monoisotopic (exact) mass is 349 g/mol. The van der Waals surface area contributed by atoms with E-state index in [0.29, 0.717) is 11.6 Å². The van der Waals surface area contributed by atoms with Gasteiger partial charge in [-0.1, -0.05) is 41.9 Å². The summed E-state index contributed by atoms with van der Waals surface area (Å²) in [6.45, 7) is -0.108. The van der Waals surface area contributed by atoms with Crippen LogP contribution in [0.25, 0.3) is 0 Å². The highest BCUT2D eigenvalue weighted by atomic mass is 35.5. The maximum atomic E-state index is 13.0. The molecule has 3 nitrogen and oxygen atoms in total. The molecule has 0 aliphatic heterocycles. The van der Waals surface area contributed by atoms with Crippen LogP contribution in [0.15, 0.2) is 53.4 Å². The van der Waals surface area contributed by atoms with Crippen LogP contribution < -0.4 is 4.72 Å². The second-order valence-corrected chi connectivity index (χ2v) is 6.62. The van der Waals surface area contributed by atoms with Crippen LogP contribution in [0.5, 0.6) is 0 Å². The quantitative estimate of drug-likeness (QED) is 0.911. The third kappa shape index (κ3) is 4.00. The van der Waals surface area contributed by atoms with Gasteiger partial charge in [0, 0.05) is 11.6 Å². The van der Waals surface area contributed by atoms with Crippen molar-refractivity contribution in [2.75, 3.05) is 0 Å². The summed E-state index contributed by atoms with van der Waals surface area (Å²) in [5, 5.41) is -0.186. The van der Waals surface area contributed by atoms with E-state index in [1.807, 2.05) is 0 Å². The minimum absolute atomic E-state index is 0.108. The van der Waals surface area contributed by atoms with Crippen LogP contribution in [0.4, 0.5) is 13.2 Å². The molecule has 0 bridgehead atoms. The summed E-state index contributed by atoms with van der Waals surface area (Å²) < 4.78 is 65.3. The number of sulfonamides is 1. The molecule has 8 heteroatoms. The van der Waals surface area contributed by atoms with Gasteiger partial charge in [-0.25, -0.2) is 13.1 Å². The molecular formula is C14H11ClF3NO2S. The maximum Gasteiger partial charge on any atom is 0.417 e. The van der Waals surface area contributed by atoms with Gasteiger partial charge in [-0.2, -0.15) is 13.2 Å². The molecule has 0 aliphatic rings. The van der Waals surface area contributed by atoms with Crippen molar-refractivity contribution in [2.45, 2.75) is 17.6 Å². The molecule has 118 valence electrons. The lowest BCUT2D eigenvalue weighted by atomic mass is 10.2. The van der Waals surface area contributed by atoms with Gasteiger partial charge in [-0.15, -0.1) is 0 Å².